The van der Waals surface area contributed by atoms with E-state index < -0.39 is 0 Å². The van der Waals surface area contributed by atoms with Gasteiger partial charge in [0.25, 0.3) is 0 Å². The average molecular weight is 347 g/mol. The van der Waals surface area contributed by atoms with Gasteiger partial charge in [-0.15, -0.1) is 0 Å². The van der Waals surface area contributed by atoms with Crippen molar-refractivity contribution in [3.63, 3.8) is 0 Å². The number of nitrogens with zero attached hydrogens (tertiary/aromatic N) is 3. The maximum atomic E-state index is 6.01. The van der Waals surface area contributed by atoms with Crippen LogP contribution in [0.15, 0.2) is 29.6 Å². The van der Waals surface area contributed by atoms with Gasteiger partial charge in [-0.3, -0.25) is 4.98 Å². The quantitative estimate of drug-likeness (QED) is 0.702. The number of rotatable bonds is 4. The van der Waals surface area contributed by atoms with Gasteiger partial charge in [0.1, 0.15) is 0 Å². The van der Waals surface area contributed by atoms with Crippen molar-refractivity contribution in [1.82, 2.24) is 15.0 Å². The number of benzene rings is 1. The summed E-state index contributed by atoms with van der Waals surface area (Å²) in [5.74, 6) is 0.778. The lowest BCUT2D eigenvalue weighted by molar-refractivity contribution is 1.03. The lowest BCUT2D eigenvalue weighted by atomic mass is 10.1. The molecule has 2 heterocycles. The van der Waals surface area contributed by atoms with Gasteiger partial charge in [0, 0.05) is 36.8 Å². The first-order chi connectivity index (χ1) is 11.0. The first-order valence-corrected chi connectivity index (χ1v) is 8.72. The highest BCUT2D eigenvalue weighted by atomic mass is 35.5. The van der Waals surface area contributed by atoms with E-state index in [0.29, 0.717) is 5.02 Å². The van der Waals surface area contributed by atoms with Gasteiger partial charge in [-0.25, -0.2) is 4.98 Å². The number of aryl methyl sites for hydroxylation is 1. The number of thioether (sulfide) groups is 1. The van der Waals surface area contributed by atoms with Crippen molar-refractivity contribution in [3.8, 4) is 0 Å². The van der Waals surface area contributed by atoms with Crippen molar-refractivity contribution in [2.75, 3.05) is 19.0 Å². The van der Waals surface area contributed by atoms with Gasteiger partial charge in [0.2, 0.25) is 0 Å². The van der Waals surface area contributed by atoms with E-state index in [1.54, 1.807) is 11.8 Å². The standard InChI is InChI=1S/C17H19ClN4S/c1-10-8-19-15(11(2)16(10)22(3)4)9-23-17-20-13-6-5-12(18)7-14(13)21-17/h5-8H,9H2,1-4H3,(H,20,21). The summed E-state index contributed by atoms with van der Waals surface area (Å²) in [5, 5.41) is 1.60. The molecular weight excluding hydrogens is 328 g/mol. The zero-order chi connectivity index (χ0) is 16.6. The van der Waals surface area contributed by atoms with Crippen molar-refractivity contribution in [2.45, 2.75) is 24.8 Å². The van der Waals surface area contributed by atoms with Crippen LogP contribution in [0.2, 0.25) is 5.02 Å². The molecule has 0 bridgehead atoms. The summed E-state index contributed by atoms with van der Waals surface area (Å²) >= 11 is 7.67. The fourth-order valence-electron chi connectivity index (χ4n) is 2.76. The van der Waals surface area contributed by atoms with Crippen LogP contribution in [-0.4, -0.2) is 29.0 Å². The molecule has 0 saturated carbocycles. The van der Waals surface area contributed by atoms with Gasteiger partial charge in [-0.2, -0.15) is 0 Å². The molecule has 3 rings (SSSR count). The maximum Gasteiger partial charge on any atom is 0.166 e. The molecule has 23 heavy (non-hydrogen) atoms. The average Bonchev–Trinajstić information content (AvgIpc) is 2.88. The first-order valence-electron chi connectivity index (χ1n) is 7.36. The first kappa shape index (κ1) is 16.1. The Morgan fingerprint density at radius 3 is 2.78 bits per heavy atom. The molecule has 0 aliphatic rings. The van der Waals surface area contributed by atoms with Crippen LogP contribution in [0.4, 0.5) is 5.69 Å². The summed E-state index contributed by atoms with van der Waals surface area (Å²) in [6.07, 6.45) is 1.94. The summed E-state index contributed by atoms with van der Waals surface area (Å²) in [6.45, 7) is 4.22. The van der Waals surface area contributed by atoms with Crippen molar-refractivity contribution in [2.24, 2.45) is 0 Å². The number of pyridine rings is 1. The van der Waals surface area contributed by atoms with Crippen LogP contribution in [0, 0.1) is 13.8 Å². The largest absolute Gasteiger partial charge is 0.377 e. The molecule has 4 nitrogen and oxygen atoms in total. The van der Waals surface area contributed by atoms with Crippen LogP contribution in [0.1, 0.15) is 16.8 Å². The van der Waals surface area contributed by atoms with Gasteiger partial charge in [-0.1, -0.05) is 23.4 Å². The second-order valence-corrected chi connectivity index (χ2v) is 7.15. The van der Waals surface area contributed by atoms with Crippen molar-refractivity contribution in [1.29, 1.82) is 0 Å². The Kier molecular flexibility index (Phi) is 4.50. The number of H-pyrrole nitrogens is 1. The summed E-state index contributed by atoms with van der Waals surface area (Å²) in [7, 11) is 4.13. The normalized spacial score (nSPS) is 11.2. The molecule has 0 saturated heterocycles. The van der Waals surface area contributed by atoms with Crippen LogP contribution >= 0.6 is 23.4 Å². The van der Waals surface area contributed by atoms with Crippen LogP contribution in [0.5, 0.6) is 0 Å². The highest BCUT2D eigenvalue weighted by Crippen LogP contribution is 2.29. The number of aromatic amines is 1. The summed E-state index contributed by atoms with van der Waals surface area (Å²) in [6, 6.07) is 5.68. The number of hydrogen-bond donors (Lipinski definition) is 1. The van der Waals surface area contributed by atoms with E-state index in [1.165, 1.54) is 16.8 Å². The maximum absolute atomic E-state index is 6.01. The predicted octanol–water partition coefficient (Wildman–Crippen LogP) is 4.59. The molecule has 1 N–H and O–H groups in total. The SMILES string of the molecule is Cc1cnc(CSc2nc3ccc(Cl)cc3[nH]2)c(C)c1N(C)C. The molecule has 0 fully saturated rings. The Morgan fingerprint density at radius 2 is 2.04 bits per heavy atom. The lowest BCUT2D eigenvalue weighted by Crippen LogP contribution is -2.13. The van der Waals surface area contributed by atoms with E-state index in [1.807, 2.05) is 24.4 Å². The molecule has 120 valence electrons. The lowest BCUT2D eigenvalue weighted by Gasteiger charge is -2.20. The Hall–Kier alpha value is -1.72. The number of fused-ring (bicyclic) bond motifs is 1. The number of nitrogens with one attached hydrogen (secondary N) is 1. The van der Waals surface area contributed by atoms with Gasteiger partial charge < -0.3 is 9.88 Å². The summed E-state index contributed by atoms with van der Waals surface area (Å²) in [5.41, 5.74) is 6.64. The highest BCUT2D eigenvalue weighted by Gasteiger charge is 2.12. The number of halogens is 1. The molecule has 0 radical (unpaired) electrons. The number of anilines is 1. The molecule has 0 unspecified atom stereocenters. The monoisotopic (exact) mass is 346 g/mol. The summed E-state index contributed by atoms with van der Waals surface area (Å²) in [4.78, 5) is 14.6. The molecule has 6 heteroatoms. The van der Waals surface area contributed by atoms with E-state index in [-0.39, 0.29) is 0 Å². The van der Waals surface area contributed by atoms with Crippen LogP contribution < -0.4 is 4.90 Å². The molecule has 3 aromatic rings. The van der Waals surface area contributed by atoms with Gasteiger partial charge in [0.05, 0.1) is 16.7 Å². The fourth-order valence-corrected chi connectivity index (χ4v) is 3.84. The molecule has 0 amide bonds. The van der Waals surface area contributed by atoms with Gasteiger partial charge in [0.15, 0.2) is 5.16 Å². The second kappa shape index (κ2) is 6.42. The zero-order valence-corrected chi connectivity index (χ0v) is 15.2. The number of hydrogen-bond acceptors (Lipinski definition) is 4. The van der Waals surface area contributed by atoms with Gasteiger partial charge >= 0.3 is 0 Å². The molecule has 0 aliphatic carbocycles. The Bertz CT molecular complexity index is 857. The van der Waals surface area contributed by atoms with Crippen LogP contribution in [-0.2, 0) is 5.75 Å². The fraction of sp³-hybridized carbons (Fsp3) is 0.294. The van der Waals surface area contributed by atoms with Crippen LogP contribution in [0.3, 0.4) is 0 Å². The number of imidazole rings is 1. The van der Waals surface area contributed by atoms with E-state index in [4.69, 9.17) is 11.6 Å². The minimum absolute atomic E-state index is 0.712. The Morgan fingerprint density at radius 1 is 1.26 bits per heavy atom. The highest BCUT2D eigenvalue weighted by molar-refractivity contribution is 7.98. The Labute approximate surface area is 145 Å². The minimum atomic E-state index is 0.712. The molecule has 0 spiro atoms. The third kappa shape index (κ3) is 3.31. The third-order valence-electron chi connectivity index (χ3n) is 3.79. The van der Waals surface area contributed by atoms with E-state index in [9.17, 15) is 0 Å². The predicted molar refractivity (Wildman–Crippen MR) is 98.7 cm³/mol. The molecule has 2 aromatic heterocycles. The van der Waals surface area contributed by atoms with Crippen molar-refractivity contribution < 1.29 is 0 Å². The number of aromatic nitrogens is 3. The van der Waals surface area contributed by atoms with E-state index in [0.717, 1.165) is 27.6 Å². The molecular formula is C17H19ClN4S. The van der Waals surface area contributed by atoms with Crippen molar-refractivity contribution >= 4 is 40.1 Å². The molecule has 0 aliphatic heterocycles. The van der Waals surface area contributed by atoms with Crippen molar-refractivity contribution in [3.05, 3.63) is 46.2 Å². The molecule has 0 atom stereocenters. The third-order valence-corrected chi connectivity index (χ3v) is 4.91. The minimum Gasteiger partial charge on any atom is -0.377 e. The van der Waals surface area contributed by atoms with E-state index >= 15 is 0 Å². The second-order valence-electron chi connectivity index (χ2n) is 5.75. The molecule has 1 aromatic carbocycles. The topological polar surface area (TPSA) is 44.8 Å². The van der Waals surface area contributed by atoms with E-state index in [2.05, 4.69) is 47.8 Å². The summed E-state index contributed by atoms with van der Waals surface area (Å²) < 4.78 is 0. The zero-order valence-electron chi connectivity index (χ0n) is 13.6. The van der Waals surface area contributed by atoms with Crippen LogP contribution in [0.25, 0.3) is 11.0 Å². The Balaban J connectivity index is 1.83. The smallest absolute Gasteiger partial charge is 0.166 e. The van der Waals surface area contributed by atoms with Gasteiger partial charge in [-0.05, 0) is 43.2 Å².